The molecule has 138 valence electrons. The van der Waals surface area contributed by atoms with Crippen LogP contribution in [0, 0.1) is 6.92 Å². The van der Waals surface area contributed by atoms with Crippen molar-refractivity contribution in [2.45, 2.75) is 20.4 Å². The molecule has 26 heavy (non-hydrogen) atoms. The molecule has 0 spiro atoms. The molecule has 1 saturated heterocycles. The Hall–Kier alpha value is -2.47. The van der Waals surface area contributed by atoms with Gasteiger partial charge < -0.3 is 9.80 Å². The van der Waals surface area contributed by atoms with Crippen molar-refractivity contribution in [2.24, 2.45) is 0 Å². The van der Waals surface area contributed by atoms with E-state index in [1.165, 1.54) is 11.1 Å². The first-order chi connectivity index (χ1) is 12.7. The highest BCUT2D eigenvalue weighted by molar-refractivity contribution is 5.78. The van der Waals surface area contributed by atoms with Crippen molar-refractivity contribution in [1.82, 2.24) is 19.8 Å². The van der Waals surface area contributed by atoms with Gasteiger partial charge in [0.05, 0.1) is 6.54 Å². The number of amides is 1. The number of anilines is 1. The van der Waals surface area contributed by atoms with Gasteiger partial charge in [0, 0.05) is 45.1 Å². The lowest BCUT2D eigenvalue weighted by Crippen LogP contribution is -2.51. The van der Waals surface area contributed by atoms with Crippen molar-refractivity contribution in [1.29, 1.82) is 0 Å². The number of rotatable bonds is 6. The third-order valence-electron chi connectivity index (χ3n) is 4.93. The van der Waals surface area contributed by atoms with Crippen molar-refractivity contribution < 1.29 is 4.79 Å². The Kier molecular flexibility index (Phi) is 6.17. The van der Waals surface area contributed by atoms with E-state index in [0.717, 1.165) is 45.2 Å². The van der Waals surface area contributed by atoms with Crippen LogP contribution in [0.3, 0.4) is 0 Å². The van der Waals surface area contributed by atoms with Gasteiger partial charge in [-0.3, -0.25) is 9.69 Å². The Labute approximate surface area is 155 Å². The molecule has 0 saturated carbocycles. The molecule has 1 aliphatic heterocycles. The fourth-order valence-electron chi connectivity index (χ4n) is 3.21. The maximum Gasteiger partial charge on any atom is 0.236 e. The SMILES string of the molecule is CCN(CC(=O)N1CCN(c2ncccn2)CC1)Cc1ccccc1C. The fraction of sp³-hybridized carbons (Fsp3) is 0.450. The highest BCUT2D eigenvalue weighted by Gasteiger charge is 2.23. The van der Waals surface area contributed by atoms with E-state index in [1.807, 2.05) is 11.0 Å². The van der Waals surface area contributed by atoms with Crippen LogP contribution in [0.25, 0.3) is 0 Å². The summed E-state index contributed by atoms with van der Waals surface area (Å²) in [6, 6.07) is 10.2. The smallest absolute Gasteiger partial charge is 0.236 e. The molecule has 3 rings (SSSR count). The lowest BCUT2D eigenvalue weighted by Gasteiger charge is -2.35. The highest BCUT2D eigenvalue weighted by Crippen LogP contribution is 2.12. The number of likely N-dealkylation sites (N-methyl/N-ethyl adjacent to an activating group) is 1. The van der Waals surface area contributed by atoms with Gasteiger partial charge in [0.1, 0.15) is 0 Å². The van der Waals surface area contributed by atoms with Crippen LogP contribution in [-0.4, -0.2) is 64.9 Å². The normalized spacial score (nSPS) is 14.7. The van der Waals surface area contributed by atoms with Gasteiger partial charge in [-0.25, -0.2) is 9.97 Å². The molecule has 6 heteroatoms. The Bertz CT molecular complexity index is 713. The molecule has 1 aromatic carbocycles. The average Bonchev–Trinajstić information content (AvgIpc) is 2.69. The Balaban J connectivity index is 1.52. The second kappa shape index (κ2) is 8.76. The minimum absolute atomic E-state index is 0.203. The van der Waals surface area contributed by atoms with Crippen LogP contribution >= 0.6 is 0 Å². The minimum Gasteiger partial charge on any atom is -0.338 e. The topological polar surface area (TPSA) is 52.6 Å². The predicted octanol–water partition coefficient (Wildman–Crippen LogP) is 1.96. The molecule has 2 heterocycles. The predicted molar refractivity (Wildman–Crippen MR) is 103 cm³/mol. The molecule has 0 atom stereocenters. The second-order valence-corrected chi connectivity index (χ2v) is 6.65. The standard InChI is InChI=1S/C20H27N5O/c1-3-23(15-18-8-5-4-7-17(18)2)16-19(26)24-11-13-25(14-12-24)20-21-9-6-10-22-20/h4-10H,3,11-16H2,1-2H3. The number of nitrogens with zero attached hydrogens (tertiary/aromatic N) is 5. The molecule has 1 aromatic heterocycles. The van der Waals surface area contributed by atoms with Crippen molar-refractivity contribution in [3.05, 3.63) is 53.9 Å². The van der Waals surface area contributed by atoms with Gasteiger partial charge in [-0.05, 0) is 30.7 Å². The van der Waals surface area contributed by atoms with Gasteiger partial charge in [0.25, 0.3) is 0 Å². The number of benzene rings is 1. The zero-order valence-electron chi connectivity index (χ0n) is 15.6. The van der Waals surface area contributed by atoms with E-state index >= 15 is 0 Å². The number of piperazine rings is 1. The van der Waals surface area contributed by atoms with E-state index in [-0.39, 0.29) is 5.91 Å². The van der Waals surface area contributed by atoms with Crippen molar-refractivity contribution in [3.63, 3.8) is 0 Å². The molecule has 1 amide bonds. The fourth-order valence-corrected chi connectivity index (χ4v) is 3.21. The summed E-state index contributed by atoms with van der Waals surface area (Å²) in [7, 11) is 0. The maximum atomic E-state index is 12.7. The summed E-state index contributed by atoms with van der Waals surface area (Å²) in [5.74, 6) is 0.948. The summed E-state index contributed by atoms with van der Waals surface area (Å²) in [5, 5.41) is 0. The molecule has 1 aliphatic rings. The largest absolute Gasteiger partial charge is 0.338 e. The molecule has 0 unspecified atom stereocenters. The molecule has 0 radical (unpaired) electrons. The van der Waals surface area contributed by atoms with Crippen LogP contribution in [0.5, 0.6) is 0 Å². The summed E-state index contributed by atoms with van der Waals surface area (Å²) in [4.78, 5) is 27.6. The van der Waals surface area contributed by atoms with Crippen LogP contribution in [0.4, 0.5) is 5.95 Å². The van der Waals surface area contributed by atoms with Crippen LogP contribution in [0.2, 0.25) is 0 Å². The van der Waals surface area contributed by atoms with Crippen LogP contribution in [-0.2, 0) is 11.3 Å². The van der Waals surface area contributed by atoms with Crippen molar-refractivity contribution in [2.75, 3.05) is 44.2 Å². The summed E-state index contributed by atoms with van der Waals surface area (Å²) < 4.78 is 0. The Morgan fingerprint density at radius 2 is 1.77 bits per heavy atom. The summed E-state index contributed by atoms with van der Waals surface area (Å²) in [5.41, 5.74) is 2.56. The third kappa shape index (κ3) is 4.58. The van der Waals surface area contributed by atoms with Gasteiger partial charge in [0.15, 0.2) is 0 Å². The molecular weight excluding hydrogens is 326 g/mol. The number of aryl methyl sites for hydroxylation is 1. The number of aromatic nitrogens is 2. The van der Waals surface area contributed by atoms with Crippen LogP contribution in [0.1, 0.15) is 18.1 Å². The van der Waals surface area contributed by atoms with Gasteiger partial charge in [-0.1, -0.05) is 31.2 Å². The van der Waals surface area contributed by atoms with E-state index in [0.29, 0.717) is 6.54 Å². The molecule has 0 bridgehead atoms. The van der Waals surface area contributed by atoms with Crippen molar-refractivity contribution >= 4 is 11.9 Å². The van der Waals surface area contributed by atoms with Gasteiger partial charge in [-0.15, -0.1) is 0 Å². The average molecular weight is 353 g/mol. The van der Waals surface area contributed by atoms with E-state index in [2.05, 4.69) is 57.9 Å². The molecule has 0 aliphatic carbocycles. The van der Waals surface area contributed by atoms with Gasteiger partial charge >= 0.3 is 0 Å². The summed E-state index contributed by atoms with van der Waals surface area (Å²) >= 11 is 0. The summed E-state index contributed by atoms with van der Waals surface area (Å²) in [6.45, 7) is 9.36. The lowest BCUT2D eigenvalue weighted by atomic mass is 10.1. The highest BCUT2D eigenvalue weighted by atomic mass is 16.2. The maximum absolute atomic E-state index is 12.7. The Morgan fingerprint density at radius 1 is 1.08 bits per heavy atom. The Morgan fingerprint density at radius 3 is 2.42 bits per heavy atom. The zero-order valence-corrected chi connectivity index (χ0v) is 15.6. The first-order valence-electron chi connectivity index (χ1n) is 9.24. The van der Waals surface area contributed by atoms with Crippen LogP contribution < -0.4 is 4.90 Å². The van der Waals surface area contributed by atoms with Gasteiger partial charge in [0.2, 0.25) is 11.9 Å². The summed E-state index contributed by atoms with van der Waals surface area (Å²) in [6.07, 6.45) is 3.51. The first kappa shape index (κ1) is 18.3. The first-order valence-corrected chi connectivity index (χ1v) is 9.24. The molecular formula is C20H27N5O. The second-order valence-electron chi connectivity index (χ2n) is 6.65. The van der Waals surface area contributed by atoms with E-state index in [9.17, 15) is 4.79 Å². The van der Waals surface area contributed by atoms with Gasteiger partial charge in [-0.2, -0.15) is 0 Å². The molecule has 2 aromatic rings. The minimum atomic E-state index is 0.203. The number of carbonyl (C=O) groups excluding carboxylic acids is 1. The van der Waals surface area contributed by atoms with Crippen molar-refractivity contribution in [3.8, 4) is 0 Å². The van der Waals surface area contributed by atoms with E-state index < -0.39 is 0 Å². The zero-order chi connectivity index (χ0) is 18.4. The van der Waals surface area contributed by atoms with E-state index in [4.69, 9.17) is 0 Å². The number of hydrogen-bond acceptors (Lipinski definition) is 5. The number of hydrogen-bond donors (Lipinski definition) is 0. The quantitative estimate of drug-likeness (QED) is 0.795. The van der Waals surface area contributed by atoms with Crippen LogP contribution in [0.15, 0.2) is 42.7 Å². The van der Waals surface area contributed by atoms with E-state index in [1.54, 1.807) is 12.4 Å². The number of carbonyl (C=O) groups is 1. The lowest BCUT2D eigenvalue weighted by molar-refractivity contribution is -0.132. The third-order valence-corrected chi connectivity index (χ3v) is 4.93. The molecule has 0 N–H and O–H groups in total. The monoisotopic (exact) mass is 353 g/mol. The molecule has 6 nitrogen and oxygen atoms in total. The molecule has 1 fully saturated rings.